The van der Waals surface area contributed by atoms with E-state index in [1.807, 2.05) is 0 Å². The van der Waals surface area contributed by atoms with Gasteiger partial charge >= 0.3 is 11.9 Å². The third-order valence-electron chi connectivity index (χ3n) is 2.06. The van der Waals surface area contributed by atoms with Crippen LogP contribution in [-0.4, -0.2) is 38.9 Å². The van der Waals surface area contributed by atoms with E-state index in [1.165, 1.54) is 14.2 Å². The molecular weight excluding hydrogens is 212 g/mol. The highest BCUT2D eigenvalue weighted by atomic mass is 16.6. The molecule has 0 aliphatic heterocycles. The van der Waals surface area contributed by atoms with Gasteiger partial charge in [0.1, 0.15) is 0 Å². The van der Waals surface area contributed by atoms with Gasteiger partial charge < -0.3 is 14.2 Å². The third kappa shape index (κ3) is 6.40. The molecule has 0 aromatic rings. The summed E-state index contributed by atoms with van der Waals surface area (Å²) in [4.78, 5) is 22.3. The SMILES string of the molecule is COC(=O)CC(OCCC(C)C)C(=O)OC. The molecule has 1 unspecified atom stereocenters. The van der Waals surface area contributed by atoms with Gasteiger partial charge in [-0.25, -0.2) is 4.79 Å². The number of carbonyl (C=O) groups is 2. The molecule has 0 saturated carbocycles. The largest absolute Gasteiger partial charge is 0.469 e. The standard InChI is InChI=1S/C11H20O5/c1-8(2)5-6-16-9(11(13)15-4)7-10(12)14-3/h8-9H,5-7H2,1-4H3. The minimum Gasteiger partial charge on any atom is -0.469 e. The first-order chi connectivity index (χ1) is 7.51. The topological polar surface area (TPSA) is 61.8 Å². The van der Waals surface area contributed by atoms with Crippen molar-refractivity contribution in [1.82, 2.24) is 0 Å². The summed E-state index contributed by atoms with van der Waals surface area (Å²) in [6.07, 6.45) is -0.146. The van der Waals surface area contributed by atoms with Crippen LogP contribution in [0.2, 0.25) is 0 Å². The van der Waals surface area contributed by atoms with Crippen molar-refractivity contribution in [2.75, 3.05) is 20.8 Å². The molecule has 5 nitrogen and oxygen atoms in total. The Bertz CT molecular complexity index is 224. The second-order valence-electron chi connectivity index (χ2n) is 3.85. The fourth-order valence-electron chi connectivity index (χ4n) is 1.02. The van der Waals surface area contributed by atoms with Crippen LogP contribution in [0.15, 0.2) is 0 Å². The zero-order chi connectivity index (χ0) is 12.6. The van der Waals surface area contributed by atoms with Crippen LogP contribution in [0.25, 0.3) is 0 Å². The van der Waals surface area contributed by atoms with E-state index in [0.717, 1.165) is 6.42 Å². The molecule has 0 bridgehead atoms. The van der Waals surface area contributed by atoms with Gasteiger partial charge in [0, 0.05) is 6.61 Å². The van der Waals surface area contributed by atoms with Crippen LogP contribution >= 0.6 is 0 Å². The minimum absolute atomic E-state index is 0.110. The van der Waals surface area contributed by atoms with Crippen molar-refractivity contribution >= 4 is 11.9 Å². The first-order valence-electron chi connectivity index (χ1n) is 5.27. The molecular formula is C11H20O5. The van der Waals surface area contributed by atoms with Gasteiger partial charge in [-0.15, -0.1) is 0 Å². The molecule has 0 heterocycles. The van der Waals surface area contributed by atoms with Crippen molar-refractivity contribution in [2.24, 2.45) is 5.92 Å². The Morgan fingerprint density at radius 2 is 1.75 bits per heavy atom. The second kappa shape index (κ2) is 8.10. The lowest BCUT2D eigenvalue weighted by atomic mass is 10.1. The number of hydrogen-bond donors (Lipinski definition) is 0. The van der Waals surface area contributed by atoms with Crippen LogP contribution in [0.1, 0.15) is 26.7 Å². The van der Waals surface area contributed by atoms with E-state index in [4.69, 9.17) is 4.74 Å². The van der Waals surface area contributed by atoms with E-state index in [-0.39, 0.29) is 6.42 Å². The monoisotopic (exact) mass is 232 g/mol. The summed E-state index contributed by atoms with van der Waals surface area (Å²) in [6.45, 7) is 4.53. The smallest absolute Gasteiger partial charge is 0.335 e. The van der Waals surface area contributed by atoms with E-state index in [2.05, 4.69) is 23.3 Å². The van der Waals surface area contributed by atoms with E-state index in [1.54, 1.807) is 0 Å². The summed E-state index contributed by atoms with van der Waals surface area (Å²) >= 11 is 0. The number of hydrogen-bond acceptors (Lipinski definition) is 5. The number of ether oxygens (including phenoxy) is 3. The fourth-order valence-corrected chi connectivity index (χ4v) is 1.02. The lowest BCUT2D eigenvalue weighted by Crippen LogP contribution is -2.29. The summed E-state index contributed by atoms with van der Waals surface area (Å²) in [6, 6.07) is 0. The third-order valence-corrected chi connectivity index (χ3v) is 2.06. The first-order valence-corrected chi connectivity index (χ1v) is 5.27. The van der Waals surface area contributed by atoms with Crippen LogP contribution in [0.3, 0.4) is 0 Å². The second-order valence-corrected chi connectivity index (χ2v) is 3.85. The van der Waals surface area contributed by atoms with Gasteiger partial charge in [0.15, 0.2) is 6.10 Å². The lowest BCUT2D eigenvalue weighted by molar-refractivity contribution is -0.160. The van der Waals surface area contributed by atoms with E-state index >= 15 is 0 Å². The van der Waals surface area contributed by atoms with Crippen LogP contribution in [-0.2, 0) is 23.8 Å². The highest BCUT2D eigenvalue weighted by Gasteiger charge is 2.23. The van der Waals surface area contributed by atoms with Gasteiger partial charge in [-0.05, 0) is 12.3 Å². The quantitative estimate of drug-likeness (QED) is 0.616. The molecule has 94 valence electrons. The Hall–Kier alpha value is -1.10. The van der Waals surface area contributed by atoms with Crippen molar-refractivity contribution in [3.05, 3.63) is 0 Å². The Kier molecular flexibility index (Phi) is 7.54. The van der Waals surface area contributed by atoms with Crippen LogP contribution in [0.5, 0.6) is 0 Å². The number of methoxy groups -OCH3 is 2. The Morgan fingerprint density at radius 3 is 2.19 bits per heavy atom. The highest BCUT2D eigenvalue weighted by Crippen LogP contribution is 2.06. The van der Waals surface area contributed by atoms with E-state index in [9.17, 15) is 9.59 Å². The molecule has 0 aromatic heterocycles. The normalized spacial score (nSPS) is 12.3. The van der Waals surface area contributed by atoms with Crippen LogP contribution in [0, 0.1) is 5.92 Å². The van der Waals surface area contributed by atoms with E-state index < -0.39 is 18.0 Å². The molecule has 0 saturated heterocycles. The van der Waals surface area contributed by atoms with Crippen molar-refractivity contribution in [3.8, 4) is 0 Å². The molecule has 0 radical (unpaired) electrons. The molecule has 0 rings (SSSR count). The Balaban J connectivity index is 4.11. The molecule has 0 aromatic carbocycles. The predicted molar refractivity (Wildman–Crippen MR) is 57.8 cm³/mol. The number of esters is 2. The maximum absolute atomic E-state index is 11.3. The van der Waals surface area contributed by atoms with Gasteiger partial charge in [0.2, 0.25) is 0 Å². The van der Waals surface area contributed by atoms with Crippen LogP contribution < -0.4 is 0 Å². The van der Waals surface area contributed by atoms with Crippen molar-refractivity contribution in [1.29, 1.82) is 0 Å². The Morgan fingerprint density at radius 1 is 1.12 bits per heavy atom. The molecule has 16 heavy (non-hydrogen) atoms. The van der Waals surface area contributed by atoms with E-state index in [0.29, 0.717) is 12.5 Å². The highest BCUT2D eigenvalue weighted by molar-refractivity contribution is 5.81. The van der Waals surface area contributed by atoms with Gasteiger partial charge in [-0.2, -0.15) is 0 Å². The molecule has 5 heteroatoms. The summed E-state index contributed by atoms with van der Waals surface area (Å²) in [7, 11) is 2.53. The van der Waals surface area contributed by atoms with Crippen LogP contribution in [0.4, 0.5) is 0 Å². The zero-order valence-corrected chi connectivity index (χ0v) is 10.3. The maximum atomic E-state index is 11.3. The average Bonchev–Trinajstić information content (AvgIpc) is 2.25. The maximum Gasteiger partial charge on any atom is 0.335 e. The molecule has 0 spiro atoms. The van der Waals surface area contributed by atoms with Gasteiger partial charge in [0.05, 0.1) is 20.6 Å². The van der Waals surface area contributed by atoms with Crippen molar-refractivity contribution in [2.45, 2.75) is 32.8 Å². The molecule has 0 N–H and O–H groups in total. The lowest BCUT2D eigenvalue weighted by Gasteiger charge is -2.15. The number of carbonyl (C=O) groups excluding carboxylic acids is 2. The molecule has 1 atom stereocenters. The summed E-state index contributed by atoms with van der Waals surface area (Å²) in [5.74, 6) is -0.550. The Labute approximate surface area is 96.1 Å². The van der Waals surface area contributed by atoms with Crippen molar-refractivity contribution in [3.63, 3.8) is 0 Å². The molecule has 0 fully saturated rings. The molecule has 0 aliphatic rings. The predicted octanol–water partition coefficient (Wildman–Crippen LogP) is 1.15. The van der Waals surface area contributed by atoms with Gasteiger partial charge in [0.25, 0.3) is 0 Å². The summed E-state index contributed by atoms with van der Waals surface area (Å²) in [5, 5.41) is 0. The minimum atomic E-state index is -0.865. The average molecular weight is 232 g/mol. The van der Waals surface area contributed by atoms with Gasteiger partial charge in [-0.1, -0.05) is 13.8 Å². The molecule has 0 aliphatic carbocycles. The fraction of sp³-hybridized carbons (Fsp3) is 0.818. The number of rotatable bonds is 7. The molecule has 0 amide bonds. The summed E-state index contributed by atoms with van der Waals surface area (Å²) < 4.78 is 14.3. The first kappa shape index (κ1) is 14.9. The zero-order valence-electron chi connectivity index (χ0n) is 10.3. The summed E-state index contributed by atoms with van der Waals surface area (Å²) in [5.41, 5.74) is 0. The van der Waals surface area contributed by atoms with Gasteiger partial charge in [-0.3, -0.25) is 4.79 Å². The van der Waals surface area contributed by atoms with Crippen molar-refractivity contribution < 1.29 is 23.8 Å².